The van der Waals surface area contributed by atoms with Crippen molar-refractivity contribution in [2.45, 2.75) is 6.54 Å². The van der Waals surface area contributed by atoms with Gasteiger partial charge >= 0.3 is 0 Å². The molecule has 3 heterocycles. The number of fused-ring (bicyclic) bond motifs is 1. The molecule has 0 amide bonds. The fourth-order valence-corrected chi connectivity index (χ4v) is 2.89. The van der Waals surface area contributed by atoms with Crippen LogP contribution < -0.4 is 14.9 Å². The van der Waals surface area contributed by atoms with Crippen molar-refractivity contribution in [2.75, 3.05) is 13.6 Å². The van der Waals surface area contributed by atoms with Crippen LogP contribution in [0.3, 0.4) is 0 Å². The zero-order valence-corrected chi connectivity index (χ0v) is 10.7. The van der Waals surface area contributed by atoms with Crippen LogP contribution in [-0.4, -0.2) is 28.2 Å². The van der Waals surface area contributed by atoms with Gasteiger partial charge in [-0.3, -0.25) is 19.4 Å². The average molecular weight is 260 g/mol. The van der Waals surface area contributed by atoms with E-state index in [9.17, 15) is 4.79 Å². The van der Waals surface area contributed by atoms with Gasteiger partial charge < -0.3 is 0 Å². The van der Waals surface area contributed by atoms with Crippen molar-refractivity contribution in [3.63, 3.8) is 0 Å². The molecule has 0 N–H and O–H groups in total. The lowest BCUT2D eigenvalue weighted by atomic mass is 10.2. The molecule has 0 radical (unpaired) electrons. The van der Waals surface area contributed by atoms with E-state index in [2.05, 4.69) is 10.1 Å². The van der Waals surface area contributed by atoms with Gasteiger partial charge in [-0.2, -0.15) is 0 Å². The molecule has 0 atom stereocenters. The first-order valence-electron chi connectivity index (χ1n) is 5.65. The monoisotopic (exact) mass is 260 g/mol. The third-order valence-corrected chi connectivity index (χ3v) is 3.79. The lowest BCUT2D eigenvalue weighted by Crippen LogP contribution is -2.39. The average Bonchev–Trinajstić information content (AvgIpc) is 2.67. The number of hydrogen-bond acceptors (Lipinski definition) is 5. The number of pyridine rings is 1. The molecule has 6 heteroatoms. The third-order valence-electron chi connectivity index (χ3n) is 2.80. The Morgan fingerprint density at radius 1 is 1.33 bits per heavy atom. The fraction of sp³-hybridized carbons (Fsp3) is 0.250. The van der Waals surface area contributed by atoms with E-state index < -0.39 is 0 Å². The topological polar surface area (TPSA) is 50.5 Å². The van der Waals surface area contributed by atoms with Crippen LogP contribution in [0.4, 0.5) is 0 Å². The summed E-state index contributed by atoms with van der Waals surface area (Å²) in [6, 6.07) is 3.76. The molecule has 0 spiro atoms. The predicted molar refractivity (Wildman–Crippen MR) is 69.8 cm³/mol. The molecular weight excluding hydrogens is 248 g/mol. The van der Waals surface area contributed by atoms with E-state index in [0.29, 0.717) is 6.54 Å². The van der Waals surface area contributed by atoms with Gasteiger partial charge in [-0.15, -0.1) is 5.10 Å². The molecule has 1 aliphatic heterocycles. The highest BCUT2D eigenvalue weighted by atomic mass is 32.1. The Bertz CT molecular complexity index is 732. The Morgan fingerprint density at radius 3 is 2.89 bits per heavy atom. The van der Waals surface area contributed by atoms with Crippen molar-refractivity contribution in [3.05, 3.63) is 49.8 Å². The van der Waals surface area contributed by atoms with Crippen LogP contribution in [0, 0.1) is 0 Å². The van der Waals surface area contributed by atoms with Crippen molar-refractivity contribution in [2.24, 2.45) is 5.10 Å². The zero-order chi connectivity index (χ0) is 12.5. The van der Waals surface area contributed by atoms with E-state index in [1.807, 2.05) is 30.3 Å². The highest BCUT2D eigenvalue weighted by Gasteiger charge is 2.11. The van der Waals surface area contributed by atoms with Crippen molar-refractivity contribution in [1.82, 2.24) is 14.6 Å². The first-order valence-corrected chi connectivity index (χ1v) is 6.47. The van der Waals surface area contributed by atoms with Crippen molar-refractivity contribution >= 4 is 17.4 Å². The minimum absolute atomic E-state index is 0.0451. The SMILES string of the molecule is CN1CCn2c(s/c(=C\c3ccncc3)c2=O)=N1. The maximum Gasteiger partial charge on any atom is 0.270 e. The van der Waals surface area contributed by atoms with E-state index in [4.69, 9.17) is 0 Å². The molecule has 92 valence electrons. The van der Waals surface area contributed by atoms with E-state index >= 15 is 0 Å². The summed E-state index contributed by atoms with van der Waals surface area (Å²) in [6.07, 6.45) is 5.32. The van der Waals surface area contributed by atoms with Gasteiger partial charge in [-0.1, -0.05) is 11.3 Å². The molecule has 5 nitrogen and oxygen atoms in total. The smallest absolute Gasteiger partial charge is 0.270 e. The van der Waals surface area contributed by atoms with Crippen molar-refractivity contribution in [3.8, 4) is 0 Å². The molecule has 0 fully saturated rings. The van der Waals surface area contributed by atoms with Gasteiger partial charge in [0.05, 0.1) is 11.1 Å². The van der Waals surface area contributed by atoms with Crippen LogP contribution in [0.1, 0.15) is 5.56 Å². The molecule has 0 aliphatic carbocycles. The molecule has 2 aromatic rings. The maximum atomic E-state index is 12.2. The molecule has 1 aliphatic rings. The van der Waals surface area contributed by atoms with E-state index in [-0.39, 0.29) is 5.56 Å². The van der Waals surface area contributed by atoms with Crippen LogP contribution in [0.15, 0.2) is 34.4 Å². The highest BCUT2D eigenvalue weighted by Crippen LogP contribution is 1.97. The maximum absolute atomic E-state index is 12.2. The normalized spacial score (nSPS) is 15.4. The molecule has 0 aromatic carbocycles. The van der Waals surface area contributed by atoms with Crippen molar-refractivity contribution in [1.29, 1.82) is 0 Å². The Labute approximate surface area is 107 Å². The van der Waals surface area contributed by atoms with Crippen molar-refractivity contribution < 1.29 is 0 Å². The Hall–Kier alpha value is -1.95. The summed E-state index contributed by atoms with van der Waals surface area (Å²) in [6.45, 7) is 1.48. The van der Waals surface area contributed by atoms with Crippen LogP contribution in [-0.2, 0) is 6.54 Å². The van der Waals surface area contributed by atoms with Gasteiger partial charge in [0.2, 0.25) is 4.80 Å². The molecule has 0 saturated carbocycles. The largest absolute Gasteiger partial charge is 0.295 e. The van der Waals surface area contributed by atoms with Crippen LogP contribution in [0.25, 0.3) is 6.08 Å². The van der Waals surface area contributed by atoms with Crippen LogP contribution >= 0.6 is 11.3 Å². The van der Waals surface area contributed by atoms with Gasteiger partial charge in [0, 0.05) is 26.0 Å². The Morgan fingerprint density at radius 2 is 2.11 bits per heavy atom. The standard InChI is InChI=1S/C12H12N4OS/c1-15-6-7-16-11(17)10(18-12(16)14-15)8-9-2-4-13-5-3-9/h2-5,8H,6-7H2,1H3/b10-8-. The molecule has 0 unspecified atom stereocenters. The lowest BCUT2D eigenvalue weighted by Gasteiger charge is -2.16. The third kappa shape index (κ3) is 1.95. The predicted octanol–water partition coefficient (Wildman–Crippen LogP) is -0.386. The lowest BCUT2D eigenvalue weighted by molar-refractivity contribution is 0.290. The van der Waals surface area contributed by atoms with E-state index in [0.717, 1.165) is 21.4 Å². The summed E-state index contributed by atoms with van der Waals surface area (Å²) in [5, 5.41) is 6.21. The van der Waals surface area contributed by atoms with Crippen LogP contribution in [0.5, 0.6) is 0 Å². The zero-order valence-electron chi connectivity index (χ0n) is 9.91. The number of hydrogen-bond donors (Lipinski definition) is 0. The molecule has 2 aromatic heterocycles. The number of nitrogens with zero attached hydrogens (tertiary/aromatic N) is 4. The van der Waals surface area contributed by atoms with Gasteiger partial charge in [-0.25, -0.2) is 0 Å². The number of rotatable bonds is 1. The second-order valence-electron chi connectivity index (χ2n) is 4.11. The summed E-state index contributed by atoms with van der Waals surface area (Å²) < 4.78 is 2.45. The second-order valence-corrected chi connectivity index (χ2v) is 5.12. The number of thiazole rings is 1. The van der Waals surface area contributed by atoms with Crippen LogP contribution in [0.2, 0.25) is 0 Å². The quantitative estimate of drug-likeness (QED) is 0.702. The Kier molecular flexibility index (Phi) is 2.71. The minimum Gasteiger partial charge on any atom is -0.295 e. The summed E-state index contributed by atoms with van der Waals surface area (Å²) in [7, 11) is 1.92. The molecule has 18 heavy (non-hydrogen) atoms. The highest BCUT2D eigenvalue weighted by molar-refractivity contribution is 7.07. The summed E-state index contributed by atoms with van der Waals surface area (Å²) >= 11 is 1.43. The number of aromatic nitrogens is 2. The van der Waals surface area contributed by atoms with Gasteiger partial charge in [0.15, 0.2) is 0 Å². The van der Waals surface area contributed by atoms with E-state index in [1.54, 1.807) is 17.0 Å². The Balaban J connectivity index is 2.19. The van der Waals surface area contributed by atoms with Gasteiger partial charge in [-0.05, 0) is 23.8 Å². The van der Waals surface area contributed by atoms with Gasteiger partial charge in [0.25, 0.3) is 5.56 Å². The first-order chi connectivity index (χ1) is 8.74. The molecule has 0 bridgehead atoms. The molecule has 0 saturated heterocycles. The summed E-state index contributed by atoms with van der Waals surface area (Å²) in [4.78, 5) is 16.9. The summed E-state index contributed by atoms with van der Waals surface area (Å²) in [5.74, 6) is 0. The fourth-order valence-electron chi connectivity index (χ4n) is 1.83. The minimum atomic E-state index is 0.0451. The molecular formula is C12H12N4OS. The second kappa shape index (κ2) is 4.38. The van der Waals surface area contributed by atoms with E-state index in [1.165, 1.54) is 11.3 Å². The molecule has 3 rings (SSSR count). The summed E-state index contributed by atoms with van der Waals surface area (Å²) in [5.41, 5.74) is 1.03. The van der Waals surface area contributed by atoms with Gasteiger partial charge in [0.1, 0.15) is 0 Å². The first kappa shape index (κ1) is 11.2. The number of likely N-dealkylation sites (N-methyl/N-ethyl adjacent to an activating group) is 1.